The fraction of sp³-hybridized carbons (Fsp3) is 0.158. The first-order valence-corrected chi connectivity index (χ1v) is 9.26. The van der Waals surface area contributed by atoms with E-state index in [-0.39, 0.29) is 29.1 Å². The number of thioether (sulfide) groups is 1. The Morgan fingerprint density at radius 1 is 1.14 bits per heavy atom. The minimum atomic E-state index is -1.02. The van der Waals surface area contributed by atoms with Crippen molar-refractivity contribution < 1.29 is 23.8 Å². The van der Waals surface area contributed by atoms with Gasteiger partial charge in [0, 0.05) is 5.69 Å². The van der Waals surface area contributed by atoms with Gasteiger partial charge >= 0.3 is 5.97 Å². The molecule has 0 radical (unpaired) electrons. The van der Waals surface area contributed by atoms with Gasteiger partial charge in [-0.05, 0) is 42.8 Å². The average Bonchev–Trinajstić information content (AvgIpc) is 3.14. The number of aromatic nitrogens is 2. The lowest BCUT2D eigenvalue weighted by molar-refractivity contribution is -0.113. The second-order valence-corrected chi connectivity index (χ2v) is 6.66. The van der Waals surface area contributed by atoms with E-state index in [1.54, 1.807) is 0 Å². The van der Waals surface area contributed by atoms with Crippen LogP contribution in [0.15, 0.2) is 58.2 Å². The zero-order valence-corrected chi connectivity index (χ0v) is 15.7. The van der Waals surface area contributed by atoms with E-state index in [4.69, 9.17) is 14.3 Å². The SMILES string of the molecule is Cc1ccccc1OCc1nnc(SCC(=O)Nc2ccc(C(=O)O)cc2)o1. The highest BCUT2D eigenvalue weighted by molar-refractivity contribution is 7.99. The van der Waals surface area contributed by atoms with Crippen molar-refractivity contribution in [3.63, 3.8) is 0 Å². The molecule has 0 saturated carbocycles. The number of carbonyl (C=O) groups excluding carboxylic acids is 1. The number of carboxylic acids is 1. The van der Waals surface area contributed by atoms with Crippen LogP contribution in [0.3, 0.4) is 0 Å². The molecule has 0 atom stereocenters. The molecule has 0 spiro atoms. The number of rotatable bonds is 8. The number of amides is 1. The van der Waals surface area contributed by atoms with E-state index in [0.717, 1.165) is 23.1 Å². The number of ether oxygens (including phenoxy) is 1. The molecule has 3 aromatic rings. The van der Waals surface area contributed by atoms with Gasteiger partial charge in [0.15, 0.2) is 6.61 Å². The van der Waals surface area contributed by atoms with Crippen LogP contribution in [0.5, 0.6) is 5.75 Å². The first kappa shape index (κ1) is 19.4. The largest absolute Gasteiger partial charge is 0.484 e. The smallest absolute Gasteiger partial charge is 0.335 e. The molecule has 0 bridgehead atoms. The van der Waals surface area contributed by atoms with Crippen molar-refractivity contribution >= 4 is 29.3 Å². The molecule has 9 heteroatoms. The molecule has 28 heavy (non-hydrogen) atoms. The van der Waals surface area contributed by atoms with E-state index in [9.17, 15) is 9.59 Å². The number of aromatic carboxylic acids is 1. The minimum Gasteiger partial charge on any atom is -0.484 e. The monoisotopic (exact) mass is 399 g/mol. The highest BCUT2D eigenvalue weighted by atomic mass is 32.2. The lowest BCUT2D eigenvalue weighted by Gasteiger charge is -2.05. The highest BCUT2D eigenvalue weighted by Crippen LogP contribution is 2.20. The average molecular weight is 399 g/mol. The zero-order chi connectivity index (χ0) is 19.9. The molecule has 0 fully saturated rings. The number of hydrogen-bond acceptors (Lipinski definition) is 7. The standard InChI is InChI=1S/C19H17N3O5S/c1-12-4-2-3-5-15(12)26-10-17-21-22-19(27-17)28-11-16(23)20-14-8-6-13(7-9-14)18(24)25/h2-9H,10-11H2,1H3,(H,20,23)(H,24,25). The summed E-state index contributed by atoms with van der Waals surface area (Å²) < 4.78 is 11.1. The summed E-state index contributed by atoms with van der Waals surface area (Å²) in [7, 11) is 0. The molecule has 0 aliphatic rings. The molecule has 2 aromatic carbocycles. The van der Waals surface area contributed by atoms with Crippen LogP contribution in [0, 0.1) is 6.92 Å². The fourth-order valence-corrected chi connectivity index (χ4v) is 2.81. The van der Waals surface area contributed by atoms with Crippen LogP contribution in [-0.2, 0) is 11.4 Å². The lowest BCUT2D eigenvalue weighted by atomic mass is 10.2. The Hall–Kier alpha value is -3.33. The van der Waals surface area contributed by atoms with E-state index < -0.39 is 5.97 Å². The van der Waals surface area contributed by atoms with Gasteiger partial charge in [-0.15, -0.1) is 10.2 Å². The Morgan fingerprint density at radius 3 is 2.61 bits per heavy atom. The van der Waals surface area contributed by atoms with E-state index in [0.29, 0.717) is 11.6 Å². The van der Waals surface area contributed by atoms with Crippen LogP contribution >= 0.6 is 11.8 Å². The minimum absolute atomic E-state index is 0.0704. The van der Waals surface area contributed by atoms with Crippen molar-refractivity contribution in [1.29, 1.82) is 0 Å². The third-order valence-electron chi connectivity index (χ3n) is 3.64. The normalized spacial score (nSPS) is 10.5. The van der Waals surface area contributed by atoms with Gasteiger partial charge in [0.25, 0.3) is 11.1 Å². The van der Waals surface area contributed by atoms with Crippen LogP contribution in [0.2, 0.25) is 0 Å². The van der Waals surface area contributed by atoms with Gasteiger partial charge in [0.05, 0.1) is 11.3 Å². The summed E-state index contributed by atoms with van der Waals surface area (Å²) in [6.45, 7) is 2.08. The van der Waals surface area contributed by atoms with Gasteiger partial charge in [-0.3, -0.25) is 4.79 Å². The molecule has 144 valence electrons. The topological polar surface area (TPSA) is 115 Å². The number of carbonyl (C=O) groups is 2. The second kappa shape index (κ2) is 9.05. The fourth-order valence-electron chi connectivity index (χ4n) is 2.23. The summed E-state index contributed by atoms with van der Waals surface area (Å²) in [6.07, 6.45) is 0. The number of hydrogen-bond donors (Lipinski definition) is 2. The molecule has 0 aliphatic heterocycles. The van der Waals surface area contributed by atoms with E-state index in [1.807, 2.05) is 31.2 Å². The molecule has 2 N–H and O–H groups in total. The maximum atomic E-state index is 12.0. The number of benzene rings is 2. The van der Waals surface area contributed by atoms with Crippen LogP contribution in [0.4, 0.5) is 5.69 Å². The van der Waals surface area contributed by atoms with Crippen LogP contribution in [0.25, 0.3) is 0 Å². The van der Waals surface area contributed by atoms with Crippen LogP contribution < -0.4 is 10.1 Å². The molecular formula is C19H17N3O5S. The van der Waals surface area contributed by atoms with E-state index in [1.165, 1.54) is 24.3 Å². The first-order valence-electron chi connectivity index (χ1n) is 8.28. The van der Waals surface area contributed by atoms with Crippen LogP contribution in [0.1, 0.15) is 21.8 Å². The number of anilines is 1. The third-order valence-corrected chi connectivity index (χ3v) is 4.45. The molecular weight excluding hydrogens is 382 g/mol. The summed E-state index contributed by atoms with van der Waals surface area (Å²) in [5.74, 6) is -0.171. The van der Waals surface area contributed by atoms with Gasteiger partial charge in [0.2, 0.25) is 5.91 Å². The number of para-hydroxylation sites is 1. The van der Waals surface area contributed by atoms with Gasteiger partial charge in [-0.2, -0.15) is 0 Å². The molecule has 1 amide bonds. The molecule has 3 rings (SSSR count). The molecule has 1 heterocycles. The van der Waals surface area contributed by atoms with Crippen molar-refractivity contribution in [2.45, 2.75) is 18.8 Å². The first-order chi connectivity index (χ1) is 13.5. The van der Waals surface area contributed by atoms with Crippen LogP contribution in [-0.4, -0.2) is 32.9 Å². The highest BCUT2D eigenvalue weighted by Gasteiger charge is 2.11. The molecule has 8 nitrogen and oxygen atoms in total. The van der Waals surface area contributed by atoms with Crippen molar-refractivity contribution in [2.24, 2.45) is 0 Å². The van der Waals surface area contributed by atoms with Crippen molar-refractivity contribution in [3.8, 4) is 5.75 Å². The summed E-state index contributed by atoms with van der Waals surface area (Å²) in [5, 5.41) is 19.6. The summed E-state index contributed by atoms with van der Waals surface area (Å²) in [6, 6.07) is 13.5. The number of aryl methyl sites for hydroxylation is 1. The molecule has 0 saturated heterocycles. The third kappa shape index (κ3) is 5.34. The summed E-state index contributed by atoms with van der Waals surface area (Å²) in [4.78, 5) is 22.8. The van der Waals surface area contributed by atoms with Crippen molar-refractivity contribution in [1.82, 2.24) is 10.2 Å². The second-order valence-electron chi connectivity index (χ2n) is 5.74. The van der Waals surface area contributed by atoms with Gasteiger partial charge in [0.1, 0.15) is 5.75 Å². The Labute approximate surface area is 164 Å². The predicted octanol–water partition coefficient (Wildman–Crippen LogP) is 3.39. The Kier molecular flexibility index (Phi) is 6.28. The maximum Gasteiger partial charge on any atom is 0.335 e. The Bertz CT molecular complexity index is 972. The summed E-state index contributed by atoms with van der Waals surface area (Å²) in [5.41, 5.74) is 1.66. The Balaban J connectivity index is 1.46. The molecule has 0 unspecified atom stereocenters. The number of carboxylic acid groups (broad SMARTS) is 1. The van der Waals surface area contributed by atoms with Gasteiger partial charge < -0.3 is 19.6 Å². The lowest BCUT2D eigenvalue weighted by Crippen LogP contribution is -2.14. The molecule has 1 aromatic heterocycles. The maximum absolute atomic E-state index is 12.0. The van der Waals surface area contributed by atoms with E-state index in [2.05, 4.69) is 15.5 Å². The van der Waals surface area contributed by atoms with E-state index >= 15 is 0 Å². The number of nitrogens with zero attached hydrogens (tertiary/aromatic N) is 2. The van der Waals surface area contributed by atoms with Crippen molar-refractivity contribution in [2.75, 3.05) is 11.1 Å². The van der Waals surface area contributed by atoms with Gasteiger partial charge in [-0.25, -0.2) is 4.79 Å². The molecule has 0 aliphatic carbocycles. The quantitative estimate of drug-likeness (QED) is 0.554. The number of nitrogens with one attached hydrogen (secondary N) is 1. The van der Waals surface area contributed by atoms with Crippen molar-refractivity contribution in [3.05, 3.63) is 65.5 Å². The zero-order valence-electron chi connectivity index (χ0n) is 14.9. The van der Waals surface area contributed by atoms with Gasteiger partial charge in [-0.1, -0.05) is 30.0 Å². The predicted molar refractivity (Wildman–Crippen MR) is 103 cm³/mol. The Morgan fingerprint density at radius 2 is 1.89 bits per heavy atom. The summed E-state index contributed by atoms with van der Waals surface area (Å²) >= 11 is 1.10.